The van der Waals surface area contributed by atoms with Crippen LogP contribution in [-0.2, 0) is 4.79 Å². The number of halogens is 2. The topological polar surface area (TPSA) is 77.2 Å². The van der Waals surface area contributed by atoms with Gasteiger partial charge in [0.1, 0.15) is 5.75 Å². The minimum atomic E-state index is -0.699. The molecule has 0 spiro atoms. The summed E-state index contributed by atoms with van der Waals surface area (Å²) >= 11 is 7.46. The summed E-state index contributed by atoms with van der Waals surface area (Å²) in [5.74, 6) is 0.444. The summed E-state index contributed by atoms with van der Waals surface area (Å²) in [5.41, 5.74) is 6.76. The molecule has 0 unspecified atom stereocenters. The van der Waals surface area contributed by atoms with E-state index in [4.69, 9.17) is 22.1 Å². The Bertz CT molecular complexity index is 701. The second kappa shape index (κ2) is 6.42. The first-order valence-corrected chi connectivity index (χ1v) is 7.67. The molecule has 0 bridgehead atoms. The van der Waals surface area contributed by atoms with E-state index < -0.39 is 5.54 Å². The second-order valence-electron chi connectivity index (χ2n) is 5.00. The summed E-state index contributed by atoms with van der Waals surface area (Å²) in [6.07, 6.45) is 1.45. The molecule has 0 radical (unpaired) electrons. The van der Waals surface area contributed by atoms with Gasteiger partial charge < -0.3 is 15.8 Å². The molecule has 118 valence electrons. The molecule has 2 aromatic rings. The number of nitrogens with two attached hydrogens (primary N) is 1. The number of thiazole rings is 1. The molecule has 1 aliphatic rings. The van der Waals surface area contributed by atoms with Crippen LogP contribution in [0.3, 0.4) is 0 Å². The van der Waals surface area contributed by atoms with Gasteiger partial charge in [-0.1, -0.05) is 11.6 Å². The highest BCUT2D eigenvalue weighted by Crippen LogP contribution is 2.35. The Kier molecular flexibility index (Phi) is 4.97. The third-order valence-electron chi connectivity index (χ3n) is 3.41. The highest BCUT2D eigenvalue weighted by Gasteiger charge is 2.46. The number of carbonyl (C=O) groups is 1. The molecular formula is C14H15Cl2N3O2S. The number of methoxy groups -OCH3 is 1. The summed E-state index contributed by atoms with van der Waals surface area (Å²) in [4.78, 5) is 16.3. The van der Waals surface area contributed by atoms with Gasteiger partial charge in [-0.15, -0.1) is 23.7 Å². The Morgan fingerprint density at radius 1 is 1.50 bits per heavy atom. The molecule has 1 aliphatic carbocycles. The van der Waals surface area contributed by atoms with Gasteiger partial charge in [0.15, 0.2) is 5.13 Å². The quantitative estimate of drug-likeness (QED) is 0.877. The fourth-order valence-electron chi connectivity index (χ4n) is 1.87. The van der Waals surface area contributed by atoms with E-state index in [0.717, 1.165) is 24.1 Å². The average molecular weight is 360 g/mol. The van der Waals surface area contributed by atoms with Gasteiger partial charge in [-0.05, 0) is 31.0 Å². The van der Waals surface area contributed by atoms with Crippen LogP contribution in [-0.4, -0.2) is 23.5 Å². The first-order chi connectivity index (χ1) is 10.0. The van der Waals surface area contributed by atoms with Crippen LogP contribution in [0.4, 0.5) is 5.13 Å². The van der Waals surface area contributed by atoms with E-state index in [1.165, 1.54) is 11.3 Å². The monoisotopic (exact) mass is 359 g/mol. The molecule has 0 atom stereocenters. The van der Waals surface area contributed by atoms with E-state index in [0.29, 0.717) is 15.9 Å². The zero-order chi connectivity index (χ0) is 15.0. The second-order valence-corrected chi connectivity index (χ2v) is 6.26. The SMILES string of the molecule is COc1ccc(-c2csc(NC(=O)C3(N)CC3)n2)cc1Cl.Cl. The lowest BCUT2D eigenvalue weighted by molar-refractivity contribution is -0.118. The van der Waals surface area contributed by atoms with Crippen LogP contribution >= 0.6 is 35.3 Å². The Labute approximate surface area is 143 Å². The van der Waals surface area contributed by atoms with Crippen LogP contribution in [0.25, 0.3) is 11.3 Å². The standard InChI is InChI=1S/C14H14ClN3O2S.ClH/c1-20-11-3-2-8(6-9(11)15)10-7-21-13(17-10)18-12(19)14(16)4-5-14;/h2-3,6-7H,4-5,16H2,1H3,(H,17,18,19);1H. The molecule has 3 N–H and O–H groups in total. The van der Waals surface area contributed by atoms with Crippen molar-refractivity contribution in [3.63, 3.8) is 0 Å². The third-order valence-corrected chi connectivity index (χ3v) is 4.47. The molecule has 1 saturated carbocycles. The molecule has 5 nitrogen and oxygen atoms in total. The number of rotatable bonds is 4. The lowest BCUT2D eigenvalue weighted by Gasteiger charge is -2.07. The predicted molar refractivity (Wildman–Crippen MR) is 91.1 cm³/mol. The summed E-state index contributed by atoms with van der Waals surface area (Å²) in [5, 5.41) is 5.68. The molecule has 1 aromatic carbocycles. The number of amides is 1. The van der Waals surface area contributed by atoms with Crippen molar-refractivity contribution in [2.45, 2.75) is 18.4 Å². The van der Waals surface area contributed by atoms with Crippen molar-refractivity contribution in [3.05, 3.63) is 28.6 Å². The van der Waals surface area contributed by atoms with Gasteiger partial charge in [0.2, 0.25) is 5.91 Å². The van der Waals surface area contributed by atoms with Crippen molar-refractivity contribution in [1.82, 2.24) is 4.98 Å². The minimum Gasteiger partial charge on any atom is -0.495 e. The maximum Gasteiger partial charge on any atom is 0.246 e. The zero-order valence-electron chi connectivity index (χ0n) is 11.8. The third kappa shape index (κ3) is 3.35. The number of nitrogens with zero attached hydrogens (tertiary/aromatic N) is 1. The minimum absolute atomic E-state index is 0. The number of ether oxygens (including phenoxy) is 1. The van der Waals surface area contributed by atoms with Crippen LogP contribution in [0.15, 0.2) is 23.6 Å². The summed E-state index contributed by atoms with van der Waals surface area (Å²) in [6, 6.07) is 5.44. The van der Waals surface area contributed by atoms with E-state index >= 15 is 0 Å². The summed E-state index contributed by atoms with van der Waals surface area (Å²) in [6.45, 7) is 0. The molecule has 3 rings (SSSR count). The number of anilines is 1. The Morgan fingerprint density at radius 2 is 2.23 bits per heavy atom. The molecule has 1 aromatic heterocycles. The molecule has 8 heteroatoms. The van der Waals surface area contributed by atoms with Gasteiger partial charge in [-0.3, -0.25) is 4.79 Å². The van der Waals surface area contributed by atoms with Crippen molar-refractivity contribution in [1.29, 1.82) is 0 Å². The van der Waals surface area contributed by atoms with Crippen molar-refractivity contribution in [2.75, 3.05) is 12.4 Å². The van der Waals surface area contributed by atoms with Gasteiger partial charge >= 0.3 is 0 Å². The van der Waals surface area contributed by atoms with Gasteiger partial charge in [-0.25, -0.2) is 4.98 Å². The zero-order valence-corrected chi connectivity index (χ0v) is 14.1. The summed E-state index contributed by atoms with van der Waals surface area (Å²) in [7, 11) is 1.57. The lowest BCUT2D eigenvalue weighted by Crippen LogP contribution is -2.37. The molecule has 1 fully saturated rings. The average Bonchev–Trinajstić information content (AvgIpc) is 3.05. The van der Waals surface area contributed by atoms with Gasteiger partial charge in [-0.2, -0.15) is 0 Å². The number of nitrogens with one attached hydrogen (secondary N) is 1. The number of aromatic nitrogens is 1. The molecular weight excluding hydrogens is 345 g/mol. The number of hydrogen-bond acceptors (Lipinski definition) is 5. The fraction of sp³-hybridized carbons (Fsp3) is 0.286. The first-order valence-electron chi connectivity index (χ1n) is 6.42. The van der Waals surface area contributed by atoms with E-state index in [1.807, 2.05) is 11.4 Å². The van der Waals surface area contributed by atoms with Crippen molar-refractivity contribution < 1.29 is 9.53 Å². The predicted octanol–water partition coefficient (Wildman–Crippen LogP) is 3.32. The molecule has 22 heavy (non-hydrogen) atoms. The first kappa shape index (κ1) is 17.0. The summed E-state index contributed by atoms with van der Waals surface area (Å²) < 4.78 is 5.12. The van der Waals surface area contributed by atoms with E-state index in [1.54, 1.807) is 19.2 Å². The highest BCUT2D eigenvalue weighted by atomic mass is 35.5. The lowest BCUT2D eigenvalue weighted by atomic mass is 10.2. The fourth-order valence-corrected chi connectivity index (χ4v) is 2.85. The maximum absolute atomic E-state index is 11.9. The number of benzene rings is 1. The normalized spacial score (nSPS) is 14.9. The molecule has 1 heterocycles. The highest BCUT2D eigenvalue weighted by molar-refractivity contribution is 7.14. The Hall–Kier alpha value is -1.34. The van der Waals surface area contributed by atoms with Crippen LogP contribution in [0.2, 0.25) is 5.02 Å². The smallest absolute Gasteiger partial charge is 0.246 e. The van der Waals surface area contributed by atoms with Crippen molar-refractivity contribution >= 4 is 46.4 Å². The van der Waals surface area contributed by atoms with Crippen LogP contribution in [0.1, 0.15) is 12.8 Å². The molecule has 0 saturated heterocycles. The van der Waals surface area contributed by atoms with Crippen molar-refractivity contribution in [3.8, 4) is 17.0 Å². The van der Waals surface area contributed by atoms with E-state index in [-0.39, 0.29) is 18.3 Å². The van der Waals surface area contributed by atoms with Crippen LogP contribution in [0, 0.1) is 0 Å². The van der Waals surface area contributed by atoms with Gasteiger partial charge in [0.25, 0.3) is 0 Å². The Morgan fingerprint density at radius 3 is 2.82 bits per heavy atom. The van der Waals surface area contributed by atoms with Gasteiger partial charge in [0, 0.05) is 10.9 Å². The Balaban J connectivity index is 0.00000176. The van der Waals surface area contributed by atoms with Gasteiger partial charge in [0.05, 0.1) is 23.4 Å². The maximum atomic E-state index is 11.9. The van der Waals surface area contributed by atoms with Crippen LogP contribution in [0.5, 0.6) is 5.75 Å². The molecule has 1 amide bonds. The number of hydrogen-bond donors (Lipinski definition) is 2. The largest absolute Gasteiger partial charge is 0.495 e. The van der Waals surface area contributed by atoms with Crippen LogP contribution < -0.4 is 15.8 Å². The molecule has 0 aliphatic heterocycles. The van der Waals surface area contributed by atoms with Crippen molar-refractivity contribution in [2.24, 2.45) is 5.73 Å². The van der Waals surface area contributed by atoms with E-state index in [2.05, 4.69) is 10.3 Å². The number of carbonyl (C=O) groups excluding carboxylic acids is 1. The van der Waals surface area contributed by atoms with E-state index in [9.17, 15) is 4.79 Å².